The van der Waals surface area contributed by atoms with Crippen LogP contribution in [0.1, 0.15) is 15.9 Å². The van der Waals surface area contributed by atoms with Gasteiger partial charge < -0.3 is 10.1 Å². The lowest BCUT2D eigenvalue weighted by atomic mass is 10.0. The number of nitriles is 1. The number of rotatable bonds is 6. The van der Waals surface area contributed by atoms with Crippen LogP contribution in [0.4, 0.5) is 5.69 Å². The van der Waals surface area contributed by atoms with Crippen LogP contribution in [0.3, 0.4) is 0 Å². The van der Waals surface area contributed by atoms with E-state index in [9.17, 15) is 10.1 Å². The number of carbonyl (C=O) groups excluding carboxylic acids is 1. The van der Waals surface area contributed by atoms with Crippen molar-refractivity contribution in [1.82, 2.24) is 4.98 Å². The molecule has 0 aliphatic rings. The van der Waals surface area contributed by atoms with Crippen molar-refractivity contribution in [3.8, 4) is 40.1 Å². The van der Waals surface area contributed by atoms with Gasteiger partial charge in [-0.2, -0.15) is 5.26 Å². The molecule has 178 valence electrons. The number of hydrogen-bond acceptors (Lipinski definition) is 4. The molecule has 1 N–H and O–H groups in total. The molecule has 0 fully saturated rings. The Balaban J connectivity index is 1.40. The van der Waals surface area contributed by atoms with Gasteiger partial charge in [-0.25, -0.2) is 4.98 Å². The highest BCUT2D eigenvalue weighted by Gasteiger charge is 2.15. The largest absolute Gasteiger partial charge is 0.457 e. The molecule has 0 saturated heterocycles. The molecule has 1 amide bonds. The minimum absolute atomic E-state index is 0.165. The van der Waals surface area contributed by atoms with E-state index in [1.807, 2.05) is 103 Å². The Morgan fingerprint density at radius 3 is 2.03 bits per heavy atom. The molecule has 5 rings (SSSR count). The Kier molecular flexibility index (Phi) is 7.24. The van der Waals surface area contributed by atoms with Crippen molar-refractivity contribution in [3.05, 3.63) is 130 Å². The third-order valence-electron chi connectivity index (χ3n) is 5.66. The molecule has 1 aromatic heterocycles. The molecule has 0 radical (unpaired) electrons. The number of nitrogens with zero attached hydrogens (tertiary/aromatic N) is 2. The second-order valence-corrected chi connectivity index (χ2v) is 9.32. The number of halogens is 1. The number of nitrogens with one attached hydrogen (secondary N) is 1. The van der Waals surface area contributed by atoms with Crippen LogP contribution in [-0.4, -0.2) is 10.9 Å². The molecule has 0 bridgehead atoms. The summed E-state index contributed by atoms with van der Waals surface area (Å²) in [4.78, 5) is 17.3. The van der Waals surface area contributed by atoms with Crippen molar-refractivity contribution in [3.63, 3.8) is 0 Å². The van der Waals surface area contributed by atoms with E-state index in [-0.39, 0.29) is 5.91 Å². The zero-order valence-electron chi connectivity index (χ0n) is 19.6. The minimum atomic E-state index is -0.165. The average molecular weight is 593 g/mol. The third kappa shape index (κ3) is 5.68. The van der Waals surface area contributed by atoms with E-state index in [0.717, 1.165) is 26.1 Å². The maximum absolute atomic E-state index is 12.4. The van der Waals surface area contributed by atoms with E-state index in [4.69, 9.17) is 9.72 Å². The number of carbonyl (C=O) groups is 1. The standard InChI is InChI=1S/C31H20IN3O2/c32-28-19-29(21-11-15-24(16-12-21)34-31(36)23-7-3-1-4-8-23)35-30(27(28)20-33)22-13-17-26(18-14-22)37-25-9-5-2-6-10-25/h1-19H,(H,34,36). The van der Waals surface area contributed by atoms with Gasteiger partial charge in [0.25, 0.3) is 5.91 Å². The summed E-state index contributed by atoms with van der Waals surface area (Å²) in [5.74, 6) is 1.29. The summed E-state index contributed by atoms with van der Waals surface area (Å²) in [6.45, 7) is 0. The van der Waals surface area contributed by atoms with Gasteiger partial charge in [0, 0.05) is 25.9 Å². The van der Waals surface area contributed by atoms with Gasteiger partial charge in [0.15, 0.2) is 0 Å². The first-order valence-corrected chi connectivity index (χ1v) is 12.6. The van der Waals surface area contributed by atoms with Gasteiger partial charge in [0.05, 0.1) is 17.0 Å². The lowest BCUT2D eigenvalue weighted by Crippen LogP contribution is -2.11. The van der Waals surface area contributed by atoms with Crippen LogP contribution >= 0.6 is 22.6 Å². The number of pyridine rings is 1. The normalized spacial score (nSPS) is 10.4. The Bertz CT molecular complexity index is 1580. The Hall–Kier alpha value is -4.48. The SMILES string of the molecule is N#Cc1c(I)cc(-c2ccc(NC(=O)c3ccccc3)cc2)nc1-c1ccc(Oc2ccccc2)cc1. The van der Waals surface area contributed by atoms with E-state index in [1.54, 1.807) is 12.1 Å². The molecule has 0 saturated carbocycles. The van der Waals surface area contributed by atoms with Crippen molar-refractivity contribution >= 4 is 34.2 Å². The fourth-order valence-corrected chi connectivity index (χ4v) is 4.47. The van der Waals surface area contributed by atoms with Crippen molar-refractivity contribution < 1.29 is 9.53 Å². The Morgan fingerprint density at radius 2 is 1.38 bits per heavy atom. The number of benzene rings is 4. The van der Waals surface area contributed by atoms with Crippen molar-refractivity contribution in [2.45, 2.75) is 0 Å². The molecule has 4 aromatic carbocycles. The van der Waals surface area contributed by atoms with Gasteiger partial charge in [0.1, 0.15) is 17.6 Å². The summed E-state index contributed by atoms with van der Waals surface area (Å²) in [6.07, 6.45) is 0. The molecular formula is C31H20IN3O2. The van der Waals surface area contributed by atoms with E-state index in [0.29, 0.717) is 28.3 Å². The van der Waals surface area contributed by atoms with Gasteiger partial charge in [-0.05, 0) is 89.3 Å². The molecule has 0 spiro atoms. The fourth-order valence-electron chi connectivity index (χ4n) is 3.80. The molecule has 5 nitrogen and oxygen atoms in total. The Labute approximate surface area is 228 Å². The predicted molar refractivity (Wildman–Crippen MR) is 153 cm³/mol. The molecular weight excluding hydrogens is 573 g/mol. The van der Waals surface area contributed by atoms with Gasteiger partial charge in [-0.3, -0.25) is 4.79 Å². The van der Waals surface area contributed by atoms with Crippen LogP contribution in [0.2, 0.25) is 0 Å². The topological polar surface area (TPSA) is 75.0 Å². The smallest absolute Gasteiger partial charge is 0.255 e. The van der Waals surface area contributed by atoms with Crippen LogP contribution < -0.4 is 10.1 Å². The van der Waals surface area contributed by atoms with Crippen LogP contribution in [0, 0.1) is 14.9 Å². The highest BCUT2D eigenvalue weighted by molar-refractivity contribution is 14.1. The van der Waals surface area contributed by atoms with Gasteiger partial charge in [0.2, 0.25) is 0 Å². The lowest BCUT2D eigenvalue weighted by molar-refractivity contribution is 0.102. The van der Waals surface area contributed by atoms with Crippen molar-refractivity contribution in [2.24, 2.45) is 0 Å². The first-order chi connectivity index (χ1) is 18.1. The van der Waals surface area contributed by atoms with E-state index < -0.39 is 0 Å². The summed E-state index contributed by atoms with van der Waals surface area (Å²) in [6, 6.07) is 37.9. The summed E-state index contributed by atoms with van der Waals surface area (Å²) in [5, 5.41) is 12.7. The van der Waals surface area contributed by atoms with Crippen LogP contribution in [0.15, 0.2) is 115 Å². The quantitative estimate of drug-likeness (QED) is 0.203. The maximum atomic E-state index is 12.4. The Morgan fingerprint density at radius 1 is 0.784 bits per heavy atom. The first kappa shape index (κ1) is 24.2. The minimum Gasteiger partial charge on any atom is -0.457 e. The number of hydrogen-bond donors (Lipinski definition) is 1. The molecule has 5 aromatic rings. The zero-order valence-corrected chi connectivity index (χ0v) is 21.7. The highest BCUT2D eigenvalue weighted by Crippen LogP contribution is 2.32. The van der Waals surface area contributed by atoms with E-state index in [2.05, 4.69) is 34.0 Å². The second-order valence-electron chi connectivity index (χ2n) is 8.16. The molecule has 1 heterocycles. The average Bonchev–Trinajstić information content (AvgIpc) is 2.94. The van der Waals surface area contributed by atoms with Gasteiger partial charge in [-0.15, -0.1) is 0 Å². The molecule has 37 heavy (non-hydrogen) atoms. The first-order valence-electron chi connectivity index (χ1n) is 11.5. The third-order valence-corrected chi connectivity index (χ3v) is 6.52. The molecule has 6 heteroatoms. The molecule has 0 aliphatic carbocycles. The number of aromatic nitrogens is 1. The molecule has 0 unspecified atom stereocenters. The van der Waals surface area contributed by atoms with Crippen molar-refractivity contribution in [1.29, 1.82) is 5.26 Å². The summed E-state index contributed by atoms with van der Waals surface area (Å²) >= 11 is 2.17. The summed E-state index contributed by atoms with van der Waals surface area (Å²) in [7, 11) is 0. The summed E-state index contributed by atoms with van der Waals surface area (Å²) < 4.78 is 6.70. The maximum Gasteiger partial charge on any atom is 0.255 e. The second kappa shape index (κ2) is 11.1. The van der Waals surface area contributed by atoms with Crippen LogP contribution in [0.5, 0.6) is 11.5 Å². The zero-order chi connectivity index (χ0) is 25.6. The van der Waals surface area contributed by atoms with Crippen LogP contribution in [-0.2, 0) is 0 Å². The van der Waals surface area contributed by atoms with Crippen LogP contribution in [0.25, 0.3) is 22.5 Å². The van der Waals surface area contributed by atoms with Gasteiger partial charge >= 0.3 is 0 Å². The number of para-hydroxylation sites is 1. The lowest BCUT2D eigenvalue weighted by Gasteiger charge is -2.11. The number of amides is 1. The van der Waals surface area contributed by atoms with E-state index >= 15 is 0 Å². The van der Waals surface area contributed by atoms with Crippen molar-refractivity contribution in [2.75, 3.05) is 5.32 Å². The number of ether oxygens (including phenoxy) is 1. The van der Waals surface area contributed by atoms with Gasteiger partial charge in [-0.1, -0.05) is 48.5 Å². The monoisotopic (exact) mass is 593 g/mol. The summed E-state index contributed by atoms with van der Waals surface area (Å²) in [5.41, 5.74) is 4.86. The molecule has 0 atom stereocenters. The number of anilines is 1. The predicted octanol–water partition coefficient (Wildman–Crippen LogP) is 7.94. The highest BCUT2D eigenvalue weighted by atomic mass is 127. The van der Waals surface area contributed by atoms with E-state index in [1.165, 1.54) is 0 Å². The fraction of sp³-hybridized carbons (Fsp3) is 0. The molecule has 0 aliphatic heterocycles.